The minimum atomic E-state index is -1.94. The number of carbonyl (C=O) groups excluding carboxylic acids is 15. The number of aromatic hydroxyl groups is 2. The van der Waals surface area contributed by atoms with Gasteiger partial charge in [0, 0.05) is 60.8 Å². The number of benzene rings is 3. The molecule has 117 heavy (non-hydrogen) atoms. The number of unbranched alkanes of at least 4 members (excludes halogenated alkanes) is 1. The molecule has 3 heterocycles. The average Bonchev–Trinajstić information content (AvgIpc) is 1.64. The van der Waals surface area contributed by atoms with Crippen molar-refractivity contribution < 1.29 is 97.5 Å². The highest BCUT2D eigenvalue weighted by Crippen LogP contribution is 2.26. The van der Waals surface area contributed by atoms with Crippen LogP contribution in [0.15, 0.2) is 79.0 Å². The summed E-state index contributed by atoms with van der Waals surface area (Å²) in [6.07, 6.45) is -0.738. The van der Waals surface area contributed by atoms with Gasteiger partial charge in [0.1, 0.15) is 90.0 Å². The van der Waals surface area contributed by atoms with E-state index in [2.05, 4.69) is 84.7 Å². The van der Waals surface area contributed by atoms with Gasteiger partial charge in [-0.3, -0.25) is 77.3 Å². The average molecular weight is 1670 g/mol. The molecule has 4 aromatic rings. The molecule has 40 nitrogen and oxygen atoms in total. The van der Waals surface area contributed by atoms with Gasteiger partial charge in [-0.1, -0.05) is 98.2 Å². The van der Waals surface area contributed by atoms with Crippen LogP contribution in [0.4, 0.5) is 0 Å². The highest BCUT2D eigenvalue weighted by atomic mass is 33.1. The predicted octanol–water partition coefficient (Wildman–Crippen LogP) is -5.84. The molecule has 2 aliphatic rings. The van der Waals surface area contributed by atoms with Crippen molar-refractivity contribution in [3.05, 3.63) is 95.7 Å². The summed E-state index contributed by atoms with van der Waals surface area (Å²) in [5.74, 6) is -19.4. The van der Waals surface area contributed by atoms with Crippen LogP contribution in [0.3, 0.4) is 0 Å². The molecule has 28 N–H and O–H groups in total. The zero-order valence-electron chi connectivity index (χ0n) is 65.2. The molecule has 2 bridgehead atoms. The number of aliphatic hydroxyl groups excluding tert-OH is 3. The number of H-pyrrole nitrogens is 1. The maximum Gasteiger partial charge on any atom is 0.245 e. The van der Waals surface area contributed by atoms with E-state index in [1.165, 1.54) is 48.5 Å². The van der Waals surface area contributed by atoms with Crippen LogP contribution in [0.25, 0.3) is 10.9 Å². The van der Waals surface area contributed by atoms with E-state index >= 15 is 24.0 Å². The van der Waals surface area contributed by atoms with Crippen molar-refractivity contribution in [3.8, 4) is 11.5 Å². The molecule has 0 spiro atoms. The maximum absolute atomic E-state index is 15.4. The Morgan fingerprint density at radius 3 is 1.38 bits per heavy atom. The van der Waals surface area contributed by atoms with Crippen molar-refractivity contribution in [3.63, 3.8) is 0 Å². The number of hydrogen-bond acceptors (Lipinski definition) is 24. The maximum atomic E-state index is 15.4. The second-order valence-electron chi connectivity index (χ2n) is 28.7. The van der Waals surface area contributed by atoms with Gasteiger partial charge < -0.3 is 127 Å². The van der Waals surface area contributed by atoms with Crippen LogP contribution in [0.5, 0.6) is 11.5 Å². The number of aliphatic hydroxyl groups is 3. The molecular formula is C75H108N20O20S2. The monoisotopic (exact) mass is 1670 g/mol. The van der Waals surface area contributed by atoms with Gasteiger partial charge in [0.25, 0.3) is 0 Å². The van der Waals surface area contributed by atoms with Crippen molar-refractivity contribution in [1.82, 2.24) is 84.7 Å². The molecule has 0 radical (unpaired) electrons. The number of amides is 15. The second kappa shape index (κ2) is 47.6. The van der Waals surface area contributed by atoms with E-state index in [0.29, 0.717) is 27.6 Å². The minimum Gasteiger partial charge on any atom is -0.508 e. The Bertz CT molecular complexity index is 4120. The van der Waals surface area contributed by atoms with Gasteiger partial charge in [0.15, 0.2) is 5.96 Å². The number of guanidine groups is 1. The van der Waals surface area contributed by atoms with E-state index in [9.17, 15) is 73.5 Å². The lowest BCUT2D eigenvalue weighted by Crippen LogP contribution is -2.62. The molecule has 2 saturated heterocycles. The van der Waals surface area contributed by atoms with Crippen molar-refractivity contribution in [2.45, 2.75) is 183 Å². The lowest BCUT2D eigenvalue weighted by Gasteiger charge is -2.29. The first kappa shape index (κ1) is 94.5. The molecule has 0 saturated carbocycles. The third kappa shape index (κ3) is 30.7. The van der Waals surface area contributed by atoms with E-state index in [0.717, 1.165) is 21.6 Å². The number of hydrogen-bond donors (Lipinski definition) is 25. The van der Waals surface area contributed by atoms with Gasteiger partial charge in [-0.05, 0) is 110 Å². The quantitative estimate of drug-likeness (QED) is 0.0134. The van der Waals surface area contributed by atoms with Gasteiger partial charge >= 0.3 is 0 Å². The summed E-state index contributed by atoms with van der Waals surface area (Å²) in [6.45, 7) is 2.34. The fraction of sp³-hybridized carbons (Fsp3) is 0.520. The number of para-hydroxylation sites is 1. The van der Waals surface area contributed by atoms with Gasteiger partial charge in [0.2, 0.25) is 88.6 Å². The summed E-state index contributed by atoms with van der Waals surface area (Å²) in [4.78, 5) is 222. The first-order valence-corrected chi connectivity index (χ1v) is 40.7. The Hall–Kier alpha value is -11.3. The predicted molar refractivity (Wildman–Crippen MR) is 429 cm³/mol. The standard InChI is InChI=1S/C75H108N20O20S2/c1-5-39(4)61-74(115)82-32-60(102)83-47(14-10-26-80-75(78)79)62(103)90-56(35-98)71(112)92-55(34-97)69(110)88-52(29-41-17-21-44(100)22-18-41)66(107)84-48(13-8-9-25-76)63(104)93-57-36-116-117-37-58(73(114)95-61)94-68(109)53(30-42-31-81-46-12-7-6-11-45(42)46)89-70(111)54(33-96)91-64(105)49(23-24-59(77)101)85-67(108)51(28-40-15-19-43(99)20-16-40)87-65(106)50(27-38(2)3)86-72(57)113/h6-7,11-12,15-22,31,38-39,47-58,61,81,96-100H,5,8-10,13-14,23-30,32-37,76H2,1-4H3,(H2,77,101)(H,82,115)(H,83,102)(H,84,107)(H,85,108)(H,86,113)(H,87,106)(H,88,110)(H,89,111)(H,90,103)(H,91,105)(H,92,112)(H,93,104)(H,94,109)(H,95,114)(H4,78,79,80)/t39-,47-,48-,49-,50-,51-,52-,53-,54-,55-,56-,57-,58-,61-/m0/s1. The Balaban J connectivity index is 1.56. The van der Waals surface area contributed by atoms with Gasteiger partial charge in [0.05, 0.1) is 26.4 Å². The van der Waals surface area contributed by atoms with Crippen molar-refractivity contribution in [1.29, 1.82) is 5.41 Å². The van der Waals surface area contributed by atoms with E-state index in [-0.39, 0.29) is 82.4 Å². The Labute approximate surface area is 681 Å². The number of carbonyl (C=O) groups is 15. The fourth-order valence-corrected chi connectivity index (χ4v) is 14.7. The summed E-state index contributed by atoms with van der Waals surface area (Å²) >= 11 is 0. The smallest absolute Gasteiger partial charge is 0.245 e. The number of phenolic OH excluding ortho intramolecular Hbond substituents is 2. The van der Waals surface area contributed by atoms with Gasteiger partial charge in [-0.25, -0.2) is 0 Å². The molecule has 2 fully saturated rings. The molecule has 640 valence electrons. The topological polar surface area (TPSA) is 655 Å². The van der Waals surface area contributed by atoms with Gasteiger partial charge in [-0.15, -0.1) is 0 Å². The lowest BCUT2D eigenvalue weighted by atomic mass is 9.98. The highest BCUT2D eigenvalue weighted by molar-refractivity contribution is 8.76. The molecule has 1 aromatic heterocycles. The number of rotatable bonds is 24. The number of aromatic nitrogens is 1. The van der Waals surface area contributed by atoms with E-state index in [4.69, 9.17) is 22.6 Å². The van der Waals surface area contributed by atoms with Crippen LogP contribution in [0.1, 0.15) is 102 Å². The number of nitrogens with one attached hydrogen (secondary N) is 17. The molecule has 15 amide bonds. The fourth-order valence-electron chi connectivity index (χ4n) is 12.4. The normalized spacial score (nSPS) is 24.6. The van der Waals surface area contributed by atoms with Crippen LogP contribution in [-0.2, 0) is 91.2 Å². The number of primary amides is 1. The molecule has 0 aliphatic carbocycles. The van der Waals surface area contributed by atoms with Crippen molar-refractivity contribution >= 4 is 127 Å². The summed E-state index contributed by atoms with van der Waals surface area (Å²) in [7, 11) is 1.64. The molecule has 0 unspecified atom stereocenters. The first-order chi connectivity index (χ1) is 55.7. The molecule has 6 rings (SSSR count). The van der Waals surface area contributed by atoms with Crippen LogP contribution >= 0.6 is 21.6 Å². The molecular weight excluding hydrogens is 1570 g/mol. The van der Waals surface area contributed by atoms with E-state index in [1.54, 1.807) is 58.2 Å². The highest BCUT2D eigenvalue weighted by Gasteiger charge is 2.40. The summed E-state index contributed by atoms with van der Waals surface area (Å²) in [6, 6.07) is -4.92. The number of phenols is 2. The van der Waals surface area contributed by atoms with Crippen molar-refractivity contribution in [2.24, 2.45) is 29.0 Å². The molecule has 2 aliphatic heterocycles. The summed E-state index contributed by atoms with van der Waals surface area (Å²) in [5, 5.41) is 98.5. The van der Waals surface area contributed by atoms with Crippen LogP contribution in [0.2, 0.25) is 0 Å². The summed E-state index contributed by atoms with van der Waals surface area (Å²) < 4.78 is 0. The lowest BCUT2D eigenvalue weighted by molar-refractivity contribution is -0.137. The Kier molecular flexibility index (Phi) is 38.5. The largest absolute Gasteiger partial charge is 0.508 e. The zero-order chi connectivity index (χ0) is 86.0. The number of fused-ring (bicyclic) bond motifs is 6. The van der Waals surface area contributed by atoms with Crippen LogP contribution < -0.4 is 97.0 Å². The van der Waals surface area contributed by atoms with Crippen LogP contribution in [0, 0.1) is 17.2 Å². The minimum absolute atomic E-state index is 0.0167. The van der Waals surface area contributed by atoms with Crippen LogP contribution in [-0.4, -0.2) is 255 Å². The SMILES string of the molecule is CC[C@H](C)[C@@H]1NC(=O)[C@@H]2CSSC[C@H](NC(=O)[C@H](CCCCN)NC(=O)[C@H](Cc3ccc(O)cc3)NC(=O)[C@H](CO)NC(=O)[C@H](CO)NC(=O)[C@H](CCCNC(=N)N)NC(=O)CNC1=O)C(=O)N[C@@H](CC(C)C)C(=O)N[C@@H](Cc1ccc(O)cc1)C(=O)N[C@@H](CCC(N)=O)C(=O)N[C@@H](CO)C(=O)N[C@@H](Cc1c[nH]c3ccccc13)C(=O)N2. The number of aromatic amines is 1. The third-order valence-corrected chi connectivity index (χ3v) is 21.5. The zero-order valence-corrected chi connectivity index (χ0v) is 66.8. The number of nitrogens with two attached hydrogens (primary N) is 3. The van der Waals surface area contributed by atoms with Gasteiger partial charge in [-0.2, -0.15) is 0 Å². The Morgan fingerprint density at radius 2 is 0.897 bits per heavy atom. The third-order valence-electron chi connectivity index (χ3n) is 19.1. The second-order valence-corrected chi connectivity index (χ2v) is 31.3. The Morgan fingerprint density at radius 1 is 0.487 bits per heavy atom. The van der Waals surface area contributed by atoms with Crippen molar-refractivity contribution in [2.75, 3.05) is 51.0 Å². The first-order valence-electron chi connectivity index (χ1n) is 38.2. The summed E-state index contributed by atoms with van der Waals surface area (Å²) in [5.41, 5.74) is 18.6. The molecule has 42 heteroatoms. The van der Waals surface area contributed by atoms with E-state index < -0.39 is 242 Å². The van der Waals surface area contributed by atoms with E-state index in [1.807, 2.05) is 0 Å². The molecule has 3 aromatic carbocycles. The molecule has 14 atom stereocenters.